The number of rotatable bonds is 3. The van der Waals surface area contributed by atoms with Gasteiger partial charge in [-0.05, 0) is 26.2 Å². The maximum Gasteiger partial charge on any atom is 0.223 e. The van der Waals surface area contributed by atoms with E-state index in [1.54, 1.807) is 0 Å². The molecule has 0 aromatic rings. The molecular weight excluding hydrogens is 238 g/mol. The van der Waals surface area contributed by atoms with Crippen molar-refractivity contribution in [2.45, 2.75) is 52.1 Å². The quantitative estimate of drug-likeness (QED) is 0.837. The number of amides is 1. The molecule has 2 rings (SSSR count). The Hall–Kier alpha value is -0.610. The molecule has 0 spiro atoms. The van der Waals surface area contributed by atoms with Gasteiger partial charge < -0.3 is 10.2 Å². The van der Waals surface area contributed by atoms with Crippen LogP contribution in [0.3, 0.4) is 0 Å². The third kappa shape index (κ3) is 3.11. The predicted molar refractivity (Wildman–Crippen MR) is 78.1 cm³/mol. The smallest absolute Gasteiger partial charge is 0.223 e. The molecule has 0 radical (unpaired) electrons. The van der Waals surface area contributed by atoms with Gasteiger partial charge in [0.05, 0.1) is 5.54 Å². The minimum absolute atomic E-state index is 0.0245. The molecule has 1 amide bonds. The Labute approximate surface area is 117 Å². The lowest BCUT2D eigenvalue weighted by molar-refractivity contribution is -0.136. The van der Waals surface area contributed by atoms with Crippen molar-refractivity contribution in [2.75, 3.05) is 32.7 Å². The minimum atomic E-state index is -0.0245. The molecule has 0 saturated carbocycles. The molecule has 4 nitrogen and oxygen atoms in total. The topological polar surface area (TPSA) is 35.6 Å². The van der Waals surface area contributed by atoms with E-state index in [9.17, 15) is 4.79 Å². The van der Waals surface area contributed by atoms with Crippen LogP contribution in [0.2, 0.25) is 0 Å². The van der Waals surface area contributed by atoms with Gasteiger partial charge in [0, 0.05) is 45.2 Å². The van der Waals surface area contributed by atoms with Crippen LogP contribution in [-0.4, -0.2) is 60.0 Å². The van der Waals surface area contributed by atoms with Crippen molar-refractivity contribution in [3.8, 4) is 0 Å². The molecule has 2 fully saturated rings. The molecule has 0 aromatic heterocycles. The van der Waals surface area contributed by atoms with E-state index < -0.39 is 0 Å². The van der Waals surface area contributed by atoms with E-state index in [1.165, 1.54) is 0 Å². The van der Waals surface area contributed by atoms with Crippen LogP contribution in [0, 0.1) is 5.92 Å². The van der Waals surface area contributed by atoms with Crippen LogP contribution >= 0.6 is 0 Å². The lowest BCUT2D eigenvalue weighted by Crippen LogP contribution is -2.58. The van der Waals surface area contributed by atoms with Crippen molar-refractivity contribution in [3.05, 3.63) is 0 Å². The maximum absolute atomic E-state index is 12.4. The van der Waals surface area contributed by atoms with Gasteiger partial charge in [-0.3, -0.25) is 9.69 Å². The summed E-state index contributed by atoms with van der Waals surface area (Å²) in [6, 6.07) is 0.519. The zero-order chi connectivity index (χ0) is 14.0. The van der Waals surface area contributed by atoms with Gasteiger partial charge in [-0.25, -0.2) is 0 Å². The Morgan fingerprint density at radius 3 is 2.47 bits per heavy atom. The van der Waals surface area contributed by atoms with Gasteiger partial charge >= 0.3 is 0 Å². The molecule has 0 aromatic carbocycles. The Balaban J connectivity index is 2.03. The van der Waals surface area contributed by atoms with Gasteiger partial charge in [-0.2, -0.15) is 0 Å². The summed E-state index contributed by atoms with van der Waals surface area (Å²) in [6.45, 7) is 14.0. The van der Waals surface area contributed by atoms with Crippen LogP contribution in [0.4, 0.5) is 0 Å². The Morgan fingerprint density at radius 1 is 1.26 bits per heavy atom. The molecule has 2 heterocycles. The number of likely N-dealkylation sites (tertiary alicyclic amines) is 1. The van der Waals surface area contributed by atoms with Crippen molar-refractivity contribution in [1.82, 2.24) is 15.1 Å². The molecule has 110 valence electrons. The van der Waals surface area contributed by atoms with Crippen LogP contribution in [-0.2, 0) is 4.79 Å². The molecule has 2 saturated heterocycles. The standard InChI is InChI=1S/C15H29N3O/c1-12(2)11-14(19)18-8-5-13(15(18,3)4)17-9-6-16-7-10-17/h12-13,16H,5-11H2,1-4H3. The first-order chi connectivity index (χ1) is 8.93. The van der Waals surface area contributed by atoms with E-state index >= 15 is 0 Å². The molecule has 1 atom stereocenters. The predicted octanol–water partition coefficient (Wildman–Crippen LogP) is 1.32. The SMILES string of the molecule is CC(C)CC(=O)N1CCC(N2CCNCC2)C1(C)C. The monoisotopic (exact) mass is 267 g/mol. The zero-order valence-corrected chi connectivity index (χ0v) is 12.9. The summed E-state index contributed by atoms with van der Waals surface area (Å²) in [5, 5.41) is 3.40. The average molecular weight is 267 g/mol. The largest absolute Gasteiger partial charge is 0.336 e. The molecule has 0 aliphatic carbocycles. The van der Waals surface area contributed by atoms with Crippen LogP contribution < -0.4 is 5.32 Å². The third-order valence-corrected chi connectivity index (χ3v) is 4.61. The second-order valence-corrected chi connectivity index (χ2v) is 6.89. The summed E-state index contributed by atoms with van der Waals surface area (Å²) in [5.74, 6) is 0.777. The molecule has 19 heavy (non-hydrogen) atoms. The van der Waals surface area contributed by atoms with Gasteiger partial charge in [-0.15, -0.1) is 0 Å². The Kier molecular flexibility index (Phi) is 4.51. The van der Waals surface area contributed by atoms with E-state index in [-0.39, 0.29) is 5.54 Å². The first-order valence-corrected chi connectivity index (χ1v) is 7.68. The number of hydrogen-bond donors (Lipinski definition) is 1. The molecule has 1 N–H and O–H groups in total. The highest BCUT2D eigenvalue weighted by Gasteiger charge is 2.46. The van der Waals surface area contributed by atoms with E-state index in [0.29, 0.717) is 24.3 Å². The van der Waals surface area contributed by atoms with Crippen molar-refractivity contribution in [3.63, 3.8) is 0 Å². The number of carbonyl (C=O) groups is 1. The van der Waals surface area contributed by atoms with Crippen molar-refractivity contribution in [2.24, 2.45) is 5.92 Å². The molecule has 2 aliphatic heterocycles. The van der Waals surface area contributed by atoms with E-state index in [0.717, 1.165) is 39.1 Å². The number of nitrogens with zero attached hydrogens (tertiary/aromatic N) is 2. The van der Waals surface area contributed by atoms with Gasteiger partial charge in [0.2, 0.25) is 5.91 Å². The Morgan fingerprint density at radius 2 is 1.89 bits per heavy atom. The summed E-state index contributed by atoms with van der Waals surface area (Å²) >= 11 is 0. The lowest BCUT2D eigenvalue weighted by Gasteiger charge is -2.43. The number of carbonyl (C=O) groups excluding carboxylic acids is 1. The first kappa shape index (κ1) is 14.8. The van der Waals surface area contributed by atoms with Gasteiger partial charge in [0.15, 0.2) is 0 Å². The fourth-order valence-electron chi connectivity index (χ4n) is 3.60. The van der Waals surface area contributed by atoms with Gasteiger partial charge in [0.1, 0.15) is 0 Å². The highest BCUT2D eigenvalue weighted by molar-refractivity contribution is 5.77. The normalized spacial score (nSPS) is 28.1. The summed E-state index contributed by atoms with van der Waals surface area (Å²) < 4.78 is 0. The average Bonchev–Trinajstić information content (AvgIpc) is 2.65. The maximum atomic E-state index is 12.4. The summed E-state index contributed by atoms with van der Waals surface area (Å²) in [7, 11) is 0. The molecule has 0 bridgehead atoms. The second kappa shape index (κ2) is 5.80. The number of hydrogen-bond acceptors (Lipinski definition) is 3. The molecule has 4 heteroatoms. The number of nitrogens with one attached hydrogen (secondary N) is 1. The Bertz CT molecular complexity index is 321. The summed E-state index contributed by atoms with van der Waals surface area (Å²) in [5.41, 5.74) is -0.0245. The van der Waals surface area contributed by atoms with Crippen molar-refractivity contribution >= 4 is 5.91 Å². The van der Waals surface area contributed by atoms with E-state index in [2.05, 4.69) is 42.8 Å². The summed E-state index contributed by atoms with van der Waals surface area (Å²) in [6.07, 6.45) is 1.80. The van der Waals surface area contributed by atoms with Gasteiger partial charge in [0.25, 0.3) is 0 Å². The van der Waals surface area contributed by atoms with Crippen LogP contribution in [0.15, 0.2) is 0 Å². The highest BCUT2D eigenvalue weighted by atomic mass is 16.2. The van der Waals surface area contributed by atoms with Crippen molar-refractivity contribution < 1.29 is 4.79 Å². The van der Waals surface area contributed by atoms with Crippen LogP contribution in [0.5, 0.6) is 0 Å². The molecular formula is C15H29N3O. The zero-order valence-electron chi connectivity index (χ0n) is 12.9. The number of piperazine rings is 1. The minimum Gasteiger partial charge on any atom is -0.336 e. The second-order valence-electron chi connectivity index (χ2n) is 6.89. The van der Waals surface area contributed by atoms with E-state index in [1.807, 2.05) is 0 Å². The first-order valence-electron chi connectivity index (χ1n) is 7.68. The van der Waals surface area contributed by atoms with Crippen LogP contribution in [0.1, 0.15) is 40.5 Å². The summed E-state index contributed by atoms with van der Waals surface area (Å²) in [4.78, 5) is 17.1. The fourth-order valence-corrected chi connectivity index (χ4v) is 3.60. The van der Waals surface area contributed by atoms with Crippen LogP contribution in [0.25, 0.3) is 0 Å². The molecule has 2 aliphatic rings. The lowest BCUT2D eigenvalue weighted by atomic mass is 9.93. The fraction of sp³-hybridized carbons (Fsp3) is 0.933. The molecule has 1 unspecified atom stereocenters. The van der Waals surface area contributed by atoms with E-state index in [4.69, 9.17) is 0 Å². The van der Waals surface area contributed by atoms with Crippen molar-refractivity contribution in [1.29, 1.82) is 0 Å². The van der Waals surface area contributed by atoms with Gasteiger partial charge in [-0.1, -0.05) is 13.8 Å². The highest BCUT2D eigenvalue weighted by Crippen LogP contribution is 2.33. The third-order valence-electron chi connectivity index (χ3n) is 4.61.